The number of aromatic hydroxyl groups is 1. The van der Waals surface area contributed by atoms with Gasteiger partial charge >= 0.3 is 5.97 Å². The van der Waals surface area contributed by atoms with Crippen molar-refractivity contribution in [1.29, 1.82) is 0 Å². The average Bonchev–Trinajstić information content (AvgIpc) is 2.23. The summed E-state index contributed by atoms with van der Waals surface area (Å²) in [5.41, 5.74) is 2.94. The number of hydrogen-bond donors (Lipinski definition) is 2. The van der Waals surface area contributed by atoms with Crippen LogP contribution in [0, 0.1) is 20.8 Å². The third kappa shape index (κ3) is 1.94. The lowest BCUT2D eigenvalue weighted by molar-refractivity contribution is -0.138. The summed E-state index contributed by atoms with van der Waals surface area (Å²) in [6, 6.07) is 0. The summed E-state index contributed by atoms with van der Waals surface area (Å²) >= 11 is 3.43. The van der Waals surface area contributed by atoms with Crippen molar-refractivity contribution >= 4 is 21.9 Å². The number of hydrogen-bond acceptors (Lipinski definition) is 2. The molecule has 0 amide bonds. The van der Waals surface area contributed by atoms with Gasteiger partial charge in [0.05, 0.1) is 5.92 Å². The van der Waals surface area contributed by atoms with E-state index in [9.17, 15) is 9.90 Å². The van der Waals surface area contributed by atoms with Crippen molar-refractivity contribution in [3.8, 4) is 5.75 Å². The van der Waals surface area contributed by atoms with Crippen molar-refractivity contribution in [3.63, 3.8) is 0 Å². The van der Waals surface area contributed by atoms with Crippen LogP contribution in [0.5, 0.6) is 5.75 Å². The molecule has 0 radical (unpaired) electrons. The molecular weight excluding hydrogens is 272 g/mol. The highest BCUT2D eigenvalue weighted by molar-refractivity contribution is 9.10. The molecule has 4 heteroatoms. The van der Waals surface area contributed by atoms with Crippen LogP contribution in [-0.2, 0) is 4.79 Å². The number of aliphatic carboxylic acids is 1. The molecule has 0 aliphatic heterocycles. The molecule has 1 rings (SSSR count). The summed E-state index contributed by atoms with van der Waals surface area (Å²) in [6.45, 7) is 7.06. The lowest BCUT2D eigenvalue weighted by atomic mass is 9.91. The van der Waals surface area contributed by atoms with E-state index >= 15 is 0 Å². The maximum Gasteiger partial charge on any atom is 0.310 e. The zero-order valence-corrected chi connectivity index (χ0v) is 11.3. The van der Waals surface area contributed by atoms with Crippen LogP contribution in [-0.4, -0.2) is 16.2 Å². The van der Waals surface area contributed by atoms with Crippen LogP contribution >= 0.6 is 15.9 Å². The fraction of sp³-hybridized carbons (Fsp3) is 0.417. The molecule has 2 N–H and O–H groups in total. The van der Waals surface area contributed by atoms with Gasteiger partial charge in [0, 0.05) is 10.0 Å². The zero-order chi connectivity index (χ0) is 12.6. The molecule has 1 atom stereocenters. The minimum Gasteiger partial charge on any atom is -0.507 e. The summed E-state index contributed by atoms with van der Waals surface area (Å²) in [7, 11) is 0. The lowest BCUT2D eigenvalue weighted by Crippen LogP contribution is -2.10. The van der Waals surface area contributed by atoms with E-state index in [1.165, 1.54) is 0 Å². The van der Waals surface area contributed by atoms with Crippen molar-refractivity contribution in [3.05, 3.63) is 26.7 Å². The van der Waals surface area contributed by atoms with Crippen molar-refractivity contribution < 1.29 is 15.0 Å². The first-order valence-electron chi connectivity index (χ1n) is 5.00. The molecule has 0 fully saturated rings. The Bertz CT molecular complexity index is 423. The van der Waals surface area contributed by atoms with E-state index in [1.54, 1.807) is 13.8 Å². The molecule has 0 bridgehead atoms. The van der Waals surface area contributed by atoms with Gasteiger partial charge in [-0.3, -0.25) is 4.79 Å². The van der Waals surface area contributed by atoms with Gasteiger partial charge in [0.25, 0.3) is 0 Å². The first-order valence-corrected chi connectivity index (χ1v) is 5.79. The highest BCUT2D eigenvalue weighted by Crippen LogP contribution is 2.39. The summed E-state index contributed by atoms with van der Waals surface area (Å²) < 4.78 is 0.867. The molecule has 1 unspecified atom stereocenters. The second-order valence-corrected chi connectivity index (χ2v) is 4.80. The Kier molecular flexibility index (Phi) is 3.63. The van der Waals surface area contributed by atoms with Gasteiger partial charge in [0.2, 0.25) is 0 Å². The molecular formula is C12H15BrO3. The number of rotatable bonds is 2. The Hall–Kier alpha value is -1.03. The van der Waals surface area contributed by atoms with Gasteiger partial charge in [0.15, 0.2) is 0 Å². The Morgan fingerprint density at radius 3 is 2.12 bits per heavy atom. The summed E-state index contributed by atoms with van der Waals surface area (Å²) in [6.07, 6.45) is 0. The third-order valence-electron chi connectivity index (χ3n) is 3.04. The number of carboxylic acids is 1. The van der Waals surface area contributed by atoms with Gasteiger partial charge in [-0.05, 0) is 44.4 Å². The maximum atomic E-state index is 11.0. The topological polar surface area (TPSA) is 57.5 Å². The van der Waals surface area contributed by atoms with Crippen LogP contribution < -0.4 is 0 Å². The first kappa shape index (κ1) is 13.0. The summed E-state index contributed by atoms with van der Waals surface area (Å²) in [5.74, 6) is -1.56. The van der Waals surface area contributed by atoms with Crippen LogP contribution in [0.25, 0.3) is 0 Å². The molecule has 1 aromatic carbocycles. The molecule has 0 aliphatic carbocycles. The standard InChI is InChI=1S/C12H15BrO3/c1-5-6(2)11(14)9(7(3)10(5)13)8(4)12(15)16/h8,14H,1-4H3,(H,15,16). The van der Waals surface area contributed by atoms with Crippen molar-refractivity contribution in [2.45, 2.75) is 33.6 Å². The minimum absolute atomic E-state index is 0.0908. The Balaban J connectivity index is 3.57. The maximum absolute atomic E-state index is 11.0. The molecule has 0 aromatic heterocycles. The monoisotopic (exact) mass is 286 g/mol. The van der Waals surface area contributed by atoms with Gasteiger partial charge in [-0.2, -0.15) is 0 Å². The SMILES string of the molecule is Cc1c(C)c(Br)c(C)c(C(C)C(=O)O)c1O. The fourth-order valence-electron chi connectivity index (χ4n) is 1.77. The van der Waals surface area contributed by atoms with Gasteiger partial charge in [0.1, 0.15) is 5.75 Å². The number of halogens is 1. The van der Waals surface area contributed by atoms with Crippen LogP contribution in [0.15, 0.2) is 4.47 Å². The van der Waals surface area contributed by atoms with Crippen LogP contribution in [0.2, 0.25) is 0 Å². The van der Waals surface area contributed by atoms with E-state index in [2.05, 4.69) is 15.9 Å². The second kappa shape index (κ2) is 4.45. The Labute approximate surface area is 103 Å². The average molecular weight is 287 g/mol. The highest BCUT2D eigenvalue weighted by atomic mass is 79.9. The molecule has 0 aliphatic rings. The van der Waals surface area contributed by atoms with E-state index in [0.29, 0.717) is 5.56 Å². The van der Waals surface area contributed by atoms with Crippen LogP contribution in [0.1, 0.15) is 35.1 Å². The fourth-order valence-corrected chi connectivity index (χ4v) is 2.29. The predicted octanol–water partition coefficient (Wildman–Crippen LogP) is 3.27. The number of benzene rings is 1. The Morgan fingerprint density at radius 1 is 1.19 bits per heavy atom. The second-order valence-electron chi connectivity index (χ2n) is 4.01. The van der Waals surface area contributed by atoms with E-state index in [0.717, 1.165) is 21.2 Å². The molecule has 0 saturated heterocycles. The first-order chi connectivity index (χ1) is 7.29. The predicted molar refractivity (Wildman–Crippen MR) is 66.1 cm³/mol. The molecule has 3 nitrogen and oxygen atoms in total. The van der Waals surface area contributed by atoms with E-state index < -0.39 is 11.9 Å². The number of phenolic OH excluding ortho intramolecular Hbond substituents is 1. The smallest absolute Gasteiger partial charge is 0.310 e. The largest absolute Gasteiger partial charge is 0.507 e. The molecule has 1 aromatic rings. The van der Waals surface area contributed by atoms with Crippen molar-refractivity contribution in [1.82, 2.24) is 0 Å². The quantitative estimate of drug-likeness (QED) is 0.877. The molecule has 0 heterocycles. The number of carbonyl (C=O) groups is 1. The molecule has 0 saturated carbocycles. The lowest BCUT2D eigenvalue weighted by Gasteiger charge is -2.18. The van der Waals surface area contributed by atoms with Gasteiger partial charge < -0.3 is 10.2 Å². The summed E-state index contributed by atoms with van der Waals surface area (Å²) in [5, 5.41) is 19.0. The van der Waals surface area contributed by atoms with Crippen molar-refractivity contribution in [2.75, 3.05) is 0 Å². The van der Waals surface area contributed by atoms with Crippen LogP contribution in [0.4, 0.5) is 0 Å². The van der Waals surface area contributed by atoms with Crippen molar-refractivity contribution in [2.24, 2.45) is 0 Å². The van der Waals surface area contributed by atoms with Crippen LogP contribution in [0.3, 0.4) is 0 Å². The zero-order valence-electron chi connectivity index (χ0n) is 9.76. The van der Waals surface area contributed by atoms with Gasteiger partial charge in [-0.1, -0.05) is 15.9 Å². The third-order valence-corrected chi connectivity index (χ3v) is 4.23. The van der Waals surface area contributed by atoms with E-state index in [4.69, 9.17) is 5.11 Å². The van der Waals surface area contributed by atoms with E-state index in [-0.39, 0.29) is 5.75 Å². The normalized spacial score (nSPS) is 12.6. The minimum atomic E-state index is -0.937. The highest BCUT2D eigenvalue weighted by Gasteiger charge is 2.24. The van der Waals surface area contributed by atoms with Gasteiger partial charge in [-0.15, -0.1) is 0 Å². The molecule has 88 valence electrons. The Morgan fingerprint density at radius 2 is 1.69 bits per heavy atom. The molecule has 16 heavy (non-hydrogen) atoms. The van der Waals surface area contributed by atoms with Gasteiger partial charge in [-0.25, -0.2) is 0 Å². The summed E-state index contributed by atoms with van der Waals surface area (Å²) in [4.78, 5) is 11.0. The van der Waals surface area contributed by atoms with E-state index in [1.807, 2.05) is 13.8 Å². The number of phenols is 1. The number of carboxylic acid groups (broad SMARTS) is 1. The molecule has 0 spiro atoms.